The van der Waals surface area contributed by atoms with Gasteiger partial charge in [0.1, 0.15) is 0 Å². The Balaban J connectivity index is 1.39. The fraction of sp³-hybridized carbons (Fsp3) is 0.364. The summed E-state index contributed by atoms with van der Waals surface area (Å²) >= 11 is 0. The third-order valence-electron chi connectivity index (χ3n) is 4.68. The molecule has 0 spiro atoms. The molecule has 3 N–H and O–H groups in total. The molecule has 3 rings (SSSR count). The Labute approximate surface area is 160 Å². The predicted molar refractivity (Wildman–Crippen MR) is 107 cm³/mol. The first kappa shape index (κ1) is 19.0. The van der Waals surface area contributed by atoms with Gasteiger partial charge in [0.25, 0.3) is 0 Å². The number of benzene rings is 2. The van der Waals surface area contributed by atoms with Crippen molar-refractivity contribution in [3.8, 4) is 0 Å². The van der Waals surface area contributed by atoms with Crippen molar-refractivity contribution in [1.82, 2.24) is 10.6 Å². The standard InChI is InChI=1S/C22H27N3O2/c1-16(10-11-17-6-3-2-4-7-17)24-22(27)23-15-18-8-5-9-20(14-18)25-21(26)19-12-13-19/h2-9,14,16,19H,10-13,15H2,1H3,(H,25,26)(H2,23,24,27). The number of amides is 3. The Kier molecular flexibility index (Phi) is 6.47. The summed E-state index contributed by atoms with van der Waals surface area (Å²) in [5.41, 5.74) is 3.01. The first-order valence-corrected chi connectivity index (χ1v) is 9.58. The Bertz CT molecular complexity index is 772. The van der Waals surface area contributed by atoms with Gasteiger partial charge >= 0.3 is 6.03 Å². The van der Waals surface area contributed by atoms with Crippen LogP contribution in [0.1, 0.15) is 37.3 Å². The highest BCUT2D eigenvalue weighted by molar-refractivity contribution is 5.94. The number of rotatable bonds is 8. The minimum absolute atomic E-state index is 0.0880. The molecule has 0 aromatic heterocycles. The Morgan fingerprint density at radius 2 is 1.78 bits per heavy atom. The lowest BCUT2D eigenvalue weighted by Crippen LogP contribution is -2.40. The molecule has 2 aromatic rings. The van der Waals surface area contributed by atoms with E-state index in [1.807, 2.05) is 49.4 Å². The maximum absolute atomic E-state index is 12.1. The highest BCUT2D eigenvalue weighted by Gasteiger charge is 2.29. The van der Waals surface area contributed by atoms with Crippen LogP contribution < -0.4 is 16.0 Å². The topological polar surface area (TPSA) is 70.2 Å². The van der Waals surface area contributed by atoms with E-state index >= 15 is 0 Å². The largest absolute Gasteiger partial charge is 0.336 e. The molecule has 0 aliphatic heterocycles. The number of nitrogens with one attached hydrogen (secondary N) is 3. The fourth-order valence-electron chi connectivity index (χ4n) is 2.91. The van der Waals surface area contributed by atoms with Crippen LogP contribution in [0.4, 0.5) is 10.5 Å². The zero-order valence-electron chi connectivity index (χ0n) is 15.7. The van der Waals surface area contributed by atoms with E-state index in [4.69, 9.17) is 0 Å². The Morgan fingerprint density at radius 1 is 1.04 bits per heavy atom. The van der Waals surface area contributed by atoms with Crippen LogP contribution in [-0.4, -0.2) is 18.0 Å². The van der Waals surface area contributed by atoms with Crippen molar-refractivity contribution in [2.24, 2.45) is 5.92 Å². The van der Waals surface area contributed by atoms with Crippen LogP contribution in [0.25, 0.3) is 0 Å². The summed E-state index contributed by atoms with van der Waals surface area (Å²) in [6, 6.07) is 17.8. The van der Waals surface area contributed by atoms with E-state index in [9.17, 15) is 9.59 Å². The average Bonchev–Trinajstić information content (AvgIpc) is 3.51. The molecule has 0 radical (unpaired) electrons. The van der Waals surface area contributed by atoms with Crippen molar-refractivity contribution in [3.05, 3.63) is 65.7 Å². The van der Waals surface area contributed by atoms with E-state index < -0.39 is 0 Å². The molecule has 142 valence electrons. The summed E-state index contributed by atoms with van der Waals surface area (Å²) in [5.74, 6) is 0.264. The van der Waals surface area contributed by atoms with Gasteiger partial charge in [0.05, 0.1) is 0 Å². The van der Waals surface area contributed by atoms with Crippen molar-refractivity contribution in [2.45, 2.75) is 45.2 Å². The van der Waals surface area contributed by atoms with Gasteiger partial charge in [-0.3, -0.25) is 4.79 Å². The third-order valence-corrected chi connectivity index (χ3v) is 4.68. The number of hydrogen-bond donors (Lipinski definition) is 3. The van der Waals surface area contributed by atoms with Crippen molar-refractivity contribution < 1.29 is 9.59 Å². The van der Waals surface area contributed by atoms with Crippen LogP contribution in [0, 0.1) is 5.92 Å². The molecule has 5 heteroatoms. The van der Waals surface area contributed by atoms with Gasteiger partial charge in [0.15, 0.2) is 0 Å². The van der Waals surface area contributed by atoms with Gasteiger partial charge in [-0.15, -0.1) is 0 Å². The molecule has 27 heavy (non-hydrogen) atoms. The maximum Gasteiger partial charge on any atom is 0.315 e. The summed E-state index contributed by atoms with van der Waals surface area (Å²) in [4.78, 5) is 24.0. The highest BCUT2D eigenvalue weighted by Crippen LogP contribution is 2.30. The average molecular weight is 365 g/mol. The number of carbonyl (C=O) groups is 2. The van der Waals surface area contributed by atoms with Crippen molar-refractivity contribution in [2.75, 3.05) is 5.32 Å². The van der Waals surface area contributed by atoms with Crippen LogP contribution >= 0.6 is 0 Å². The molecule has 1 aliphatic rings. The molecule has 3 amide bonds. The lowest BCUT2D eigenvalue weighted by molar-refractivity contribution is -0.117. The molecule has 1 saturated carbocycles. The van der Waals surface area contributed by atoms with Gasteiger partial charge < -0.3 is 16.0 Å². The van der Waals surface area contributed by atoms with Gasteiger partial charge in [-0.25, -0.2) is 4.79 Å². The number of anilines is 1. The van der Waals surface area contributed by atoms with Crippen LogP contribution in [0.3, 0.4) is 0 Å². The van der Waals surface area contributed by atoms with Gasteiger partial charge in [0, 0.05) is 24.2 Å². The molecule has 1 aliphatic carbocycles. The van der Waals surface area contributed by atoms with Crippen LogP contribution in [0.5, 0.6) is 0 Å². The van der Waals surface area contributed by atoms with E-state index in [0.29, 0.717) is 6.54 Å². The lowest BCUT2D eigenvalue weighted by atomic mass is 10.1. The molecule has 0 bridgehead atoms. The number of hydrogen-bond acceptors (Lipinski definition) is 2. The monoisotopic (exact) mass is 365 g/mol. The third kappa shape index (κ3) is 6.44. The van der Waals surface area contributed by atoms with E-state index in [-0.39, 0.29) is 23.9 Å². The first-order chi connectivity index (χ1) is 13.1. The fourth-order valence-corrected chi connectivity index (χ4v) is 2.91. The van der Waals surface area contributed by atoms with Gasteiger partial charge in [0.2, 0.25) is 5.91 Å². The number of urea groups is 1. The summed E-state index contributed by atoms with van der Waals surface area (Å²) in [6.45, 7) is 2.43. The van der Waals surface area contributed by atoms with Gasteiger partial charge in [-0.05, 0) is 55.9 Å². The lowest BCUT2D eigenvalue weighted by Gasteiger charge is -2.15. The molecule has 1 fully saturated rings. The minimum Gasteiger partial charge on any atom is -0.336 e. The minimum atomic E-state index is -0.178. The SMILES string of the molecule is CC(CCc1ccccc1)NC(=O)NCc1cccc(NC(=O)C2CC2)c1. The molecule has 0 saturated heterocycles. The summed E-state index contributed by atoms with van der Waals surface area (Å²) < 4.78 is 0. The smallest absolute Gasteiger partial charge is 0.315 e. The molecule has 5 nitrogen and oxygen atoms in total. The Hall–Kier alpha value is -2.82. The number of carbonyl (C=O) groups excluding carboxylic acids is 2. The molecular formula is C22H27N3O2. The van der Waals surface area contributed by atoms with E-state index in [0.717, 1.165) is 36.9 Å². The van der Waals surface area contributed by atoms with Crippen molar-refractivity contribution in [3.63, 3.8) is 0 Å². The molecular weight excluding hydrogens is 338 g/mol. The Morgan fingerprint density at radius 3 is 2.52 bits per heavy atom. The maximum atomic E-state index is 12.1. The van der Waals surface area contributed by atoms with Gasteiger partial charge in [-0.2, -0.15) is 0 Å². The van der Waals surface area contributed by atoms with Gasteiger partial charge in [-0.1, -0.05) is 42.5 Å². The van der Waals surface area contributed by atoms with Crippen molar-refractivity contribution >= 4 is 17.6 Å². The quantitative estimate of drug-likeness (QED) is 0.665. The summed E-state index contributed by atoms with van der Waals surface area (Å²) in [6.07, 6.45) is 3.79. The van der Waals surface area contributed by atoms with E-state index in [2.05, 4.69) is 28.1 Å². The zero-order chi connectivity index (χ0) is 19.1. The molecule has 1 atom stereocenters. The molecule has 1 unspecified atom stereocenters. The van der Waals surface area contributed by atoms with E-state index in [1.165, 1.54) is 5.56 Å². The normalized spacial score (nSPS) is 14.3. The second kappa shape index (κ2) is 9.21. The highest BCUT2D eigenvalue weighted by atomic mass is 16.2. The first-order valence-electron chi connectivity index (χ1n) is 9.58. The van der Waals surface area contributed by atoms with E-state index in [1.54, 1.807) is 0 Å². The summed E-state index contributed by atoms with van der Waals surface area (Å²) in [7, 11) is 0. The zero-order valence-corrected chi connectivity index (χ0v) is 15.7. The van der Waals surface area contributed by atoms with Crippen LogP contribution in [-0.2, 0) is 17.8 Å². The molecule has 2 aromatic carbocycles. The predicted octanol–water partition coefficient (Wildman–Crippen LogP) is 3.86. The molecule has 0 heterocycles. The van der Waals surface area contributed by atoms with Crippen LogP contribution in [0.2, 0.25) is 0 Å². The second-order valence-corrected chi connectivity index (χ2v) is 7.22. The van der Waals surface area contributed by atoms with Crippen molar-refractivity contribution in [1.29, 1.82) is 0 Å². The summed E-state index contributed by atoms with van der Waals surface area (Å²) in [5, 5.41) is 8.78. The second-order valence-electron chi connectivity index (χ2n) is 7.22. The van der Waals surface area contributed by atoms with Crippen LogP contribution in [0.15, 0.2) is 54.6 Å². The number of aryl methyl sites for hydroxylation is 1.